The number of ether oxygens (including phenoxy) is 4. The van der Waals surface area contributed by atoms with Gasteiger partial charge in [-0.2, -0.15) is 0 Å². The first-order valence-corrected chi connectivity index (χ1v) is 20.9. The highest BCUT2D eigenvalue weighted by molar-refractivity contribution is 7.90. The highest BCUT2D eigenvalue weighted by Gasteiger charge is 2.61. The summed E-state index contributed by atoms with van der Waals surface area (Å²) in [5, 5.41) is 0.825. The standard InChI is InChI=1S/C41H55N3O10S/c1-24-10-8-9-11-27-21-41(27,39(48)43-55(49,50)29-12-13-29)22-33(45)32-18-28(53-37-31-19-35(52-7)34(51-6)17-26(31)14-15-42-37)23-44(32)38(47)30(25(2)16-24)20-36(46)54-40(3,4)5/h9,11,14-15,17,19,24-25,27-30,32H,8,10,12-13,16,18,20-23H2,1-7H3,(H,43,48)/b11-9-/t24-,25+,27+,28+,30-,32-,41+/m0/s1. The lowest BCUT2D eigenvalue weighted by molar-refractivity contribution is -0.160. The number of benzene rings is 1. The molecule has 1 N–H and O–H groups in total. The predicted molar refractivity (Wildman–Crippen MR) is 205 cm³/mol. The summed E-state index contributed by atoms with van der Waals surface area (Å²) in [5.74, 6) is -1.73. The zero-order valence-electron chi connectivity index (χ0n) is 33.0. The van der Waals surface area contributed by atoms with E-state index in [0.29, 0.717) is 42.6 Å². The molecule has 1 aromatic heterocycles. The molecule has 1 aromatic carbocycles. The van der Waals surface area contributed by atoms with Gasteiger partial charge in [0.1, 0.15) is 11.7 Å². The molecule has 2 saturated carbocycles. The molecule has 13 nitrogen and oxygen atoms in total. The lowest BCUT2D eigenvalue weighted by Gasteiger charge is -2.32. The summed E-state index contributed by atoms with van der Waals surface area (Å²) < 4.78 is 51.4. The first-order chi connectivity index (χ1) is 25.9. The van der Waals surface area contributed by atoms with Crippen molar-refractivity contribution in [2.75, 3.05) is 20.8 Å². The topological polar surface area (TPSA) is 167 Å². The molecule has 0 spiro atoms. The Hall–Kier alpha value is -4.20. The quantitative estimate of drug-likeness (QED) is 0.251. The Morgan fingerprint density at radius 2 is 1.75 bits per heavy atom. The van der Waals surface area contributed by atoms with Crippen LogP contribution in [0.4, 0.5) is 0 Å². The van der Waals surface area contributed by atoms with E-state index in [9.17, 15) is 27.6 Å². The molecule has 300 valence electrons. The molecule has 0 unspecified atom stereocenters. The van der Waals surface area contributed by atoms with Crippen molar-refractivity contribution in [2.45, 2.75) is 115 Å². The van der Waals surface area contributed by atoms with Crippen molar-refractivity contribution in [1.29, 1.82) is 0 Å². The summed E-state index contributed by atoms with van der Waals surface area (Å²) >= 11 is 0. The summed E-state index contributed by atoms with van der Waals surface area (Å²) in [6.45, 7) is 9.45. The summed E-state index contributed by atoms with van der Waals surface area (Å²) in [6, 6.07) is 4.40. The number of carbonyl (C=O) groups excluding carboxylic acids is 4. The number of pyridine rings is 1. The number of rotatable bonds is 9. The molecule has 3 heterocycles. The Labute approximate surface area is 323 Å². The molecule has 0 bridgehead atoms. The van der Waals surface area contributed by atoms with E-state index in [1.807, 2.05) is 31.2 Å². The first kappa shape index (κ1) is 40.5. The van der Waals surface area contributed by atoms with Crippen LogP contribution < -0.4 is 18.9 Å². The number of ketones is 1. The third kappa shape index (κ3) is 9.10. The smallest absolute Gasteiger partial charge is 0.307 e. The minimum atomic E-state index is -3.86. The molecular formula is C41H55N3O10S. The van der Waals surface area contributed by atoms with Gasteiger partial charge in [0.05, 0.1) is 49.8 Å². The van der Waals surface area contributed by atoms with Gasteiger partial charge in [-0.05, 0) is 101 Å². The molecule has 2 aliphatic carbocycles. The number of carbonyl (C=O) groups is 4. The average Bonchev–Trinajstić information content (AvgIpc) is 4.04. The van der Waals surface area contributed by atoms with Gasteiger partial charge < -0.3 is 23.8 Å². The van der Waals surface area contributed by atoms with E-state index < -0.39 is 56.2 Å². The second-order valence-corrected chi connectivity index (χ2v) is 19.0. The van der Waals surface area contributed by atoms with E-state index in [0.717, 1.165) is 18.2 Å². The number of amides is 2. The van der Waals surface area contributed by atoms with Crippen LogP contribution in [-0.2, 0) is 33.9 Å². The van der Waals surface area contributed by atoms with Gasteiger partial charge in [0, 0.05) is 24.4 Å². The molecule has 55 heavy (non-hydrogen) atoms. The van der Waals surface area contributed by atoms with Crippen LogP contribution in [0.1, 0.15) is 92.4 Å². The second kappa shape index (κ2) is 15.7. The normalized spacial score (nSPS) is 29.6. The highest BCUT2D eigenvalue weighted by Crippen LogP contribution is 2.57. The third-order valence-electron chi connectivity index (χ3n) is 11.5. The van der Waals surface area contributed by atoms with Gasteiger partial charge in [-0.1, -0.05) is 26.0 Å². The van der Waals surface area contributed by atoms with Crippen LogP contribution in [0, 0.1) is 29.1 Å². The molecule has 0 radical (unpaired) electrons. The maximum atomic E-state index is 14.9. The van der Waals surface area contributed by atoms with E-state index in [2.05, 4.69) is 16.6 Å². The van der Waals surface area contributed by atoms with Gasteiger partial charge in [-0.25, -0.2) is 13.4 Å². The summed E-state index contributed by atoms with van der Waals surface area (Å²) in [5.41, 5.74) is -2.01. The number of nitrogens with one attached hydrogen (secondary N) is 1. The lowest BCUT2D eigenvalue weighted by atomic mass is 9.82. The number of methoxy groups -OCH3 is 2. The highest BCUT2D eigenvalue weighted by atomic mass is 32.2. The second-order valence-electron chi connectivity index (χ2n) is 17.0. The van der Waals surface area contributed by atoms with Gasteiger partial charge in [0.25, 0.3) is 0 Å². The number of sulfonamides is 1. The Balaban J connectivity index is 1.36. The molecule has 4 aliphatic rings. The molecule has 7 atom stereocenters. The van der Waals surface area contributed by atoms with Crippen molar-refractivity contribution >= 4 is 44.4 Å². The fraction of sp³-hybridized carbons (Fsp3) is 0.634. The number of allylic oxidation sites excluding steroid dienone is 2. The van der Waals surface area contributed by atoms with Gasteiger partial charge in [0.15, 0.2) is 17.3 Å². The van der Waals surface area contributed by atoms with Crippen LogP contribution in [0.15, 0.2) is 36.5 Å². The number of hydrogen-bond acceptors (Lipinski definition) is 11. The van der Waals surface area contributed by atoms with Crippen molar-refractivity contribution in [1.82, 2.24) is 14.6 Å². The monoisotopic (exact) mass is 781 g/mol. The number of fused-ring (bicyclic) bond motifs is 3. The van der Waals surface area contributed by atoms with Crippen molar-refractivity contribution in [2.24, 2.45) is 29.1 Å². The molecule has 1 saturated heterocycles. The third-order valence-corrected chi connectivity index (χ3v) is 13.3. The van der Waals surface area contributed by atoms with Crippen LogP contribution in [0.3, 0.4) is 0 Å². The molecule has 2 amide bonds. The summed E-state index contributed by atoms with van der Waals surface area (Å²) in [7, 11) is -0.780. The van der Waals surface area contributed by atoms with Gasteiger partial charge in [0.2, 0.25) is 27.7 Å². The van der Waals surface area contributed by atoms with Crippen LogP contribution in [0.5, 0.6) is 17.4 Å². The Morgan fingerprint density at radius 1 is 1.04 bits per heavy atom. The van der Waals surface area contributed by atoms with E-state index in [4.69, 9.17) is 18.9 Å². The van der Waals surface area contributed by atoms with Crippen LogP contribution in [0.25, 0.3) is 10.8 Å². The first-order valence-electron chi connectivity index (χ1n) is 19.4. The number of hydrogen-bond donors (Lipinski definition) is 1. The van der Waals surface area contributed by atoms with Gasteiger partial charge in [-0.3, -0.25) is 23.9 Å². The molecule has 2 aliphatic heterocycles. The van der Waals surface area contributed by atoms with Crippen molar-refractivity contribution < 1.29 is 46.5 Å². The van der Waals surface area contributed by atoms with Gasteiger partial charge >= 0.3 is 5.97 Å². The molecule has 14 heteroatoms. The predicted octanol–water partition coefficient (Wildman–Crippen LogP) is 5.53. The van der Waals surface area contributed by atoms with E-state index in [1.165, 1.54) is 12.0 Å². The van der Waals surface area contributed by atoms with Crippen molar-refractivity contribution in [3.8, 4) is 17.4 Å². The van der Waals surface area contributed by atoms with Crippen LogP contribution in [-0.4, -0.2) is 85.6 Å². The molecular weight excluding hydrogens is 727 g/mol. The molecule has 6 rings (SSSR count). The molecule has 2 aromatic rings. The fourth-order valence-corrected chi connectivity index (χ4v) is 9.66. The maximum Gasteiger partial charge on any atom is 0.307 e. The van der Waals surface area contributed by atoms with Crippen molar-refractivity contribution in [3.05, 3.63) is 36.5 Å². The Kier molecular flexibility index (Phi) is 11.6. The Morgan fingerprint density at radius 3 is 2.42 bits per heavy atom. The van der Waals surface area contributed by atoms with E-state index in [-0.39, 0.29) is 61.1 Å². The van der Waals surface area contributed by atoms with E-state index in [1.54, 1.807) is 40.1 Å². The lowest BCUT2D eigenvalue weighted by Crippen LogP contribution is -2.47. The number of nitrogens with zero attached hydrogens (tertiary/aromatic N) is 2. The summed E-state index contributed by atoms with van der Waals surface area (Å²) in [6.07, 6.45) is 8.08. The Bertz CT molecular complexity index is 1950. The maximum absolute atomic E-state index is 14.9. The zero-order chi connectivity index (χ0) is 39.9. The van der Waals surface area contributed by atoms with Crippen LogP contribution in [0.2, 0.25) is 0 Å². The zero-order valence-corrected chi connectivity index (χ0v) is 33.8. The average molecular weight is 782 g/mol. The summed E-state index contributed by atoms with van der Waals surface area (Å²) in [4.78, 5) is 62.7. The fourth-order valence-electron chi connectivity index (χ4n) is 8.27. The van der Waals surface area contributed by atoms with Crippen molar-refractivity contribution in [3.63, 3.8) is 0 Å². The minimum absolute atomic E-state index is 0.0340. The number of esters is 1. The minimum Gasteiger partial charge on any atom is -0.493 e. The van der Waals surface area contributed by atoms with Crippen LogP contribution >= 0.6 is 0 Å². The largest absolute Gasteiger partial charge is 0.493 e. The SMILES string of the molecule is COc1cc2ccnc(O[C@@H]3C[C@H]4C(=O)C[C@]5(C(=O)NS(=O)(=O)C6CC6)C[C@H]5/C=C\CC[C@H](C)C[C@@H](C)[C@H](CC(=O)OC(C)(C)C)C(=O)N4C3)c2cc1OC. The number of Topliss-reactive ketones (excluding diaryl/α,β-unsaturated/α-hetero) is 1. The van der Waals surface area contributed by atoms with E-state index >= 15 is 0 Å². The van der Waals surface area contributed by atoms with Gasteiger partial charge in [-0.15, -0.1) is 0 Å². The number of aromatic nitrogens is 1. The molecule has 3 fully saturated rings.